The standard InChI is InChI=1S/C26H32N4O2/c1-20-7-4-8-23(17-20)26(32)29-13-6-12-28(15-16-29)19-25(31)30(14-5-11-27)24-10-9-21(2)22(3)18-24/h4,7-10,17-18H,5-6,12-16,19H2,1-3H3. The zero-order valence-corrected chi connectivity index (χ0v) is 19.3. The van der Waals surface area contributed by atoms with Crippen molar-refractivity contribution in [3.63, 3.8) is 0 Å². The number of carbonyl (C=O) groups is 2. The van der Waals surface area contributed by atoms with Crippen molar-refractivity contribution in [3.05, 3.63) is 64.7 Å². The monoisotopic (exact) mass is 432 g/mol. The number of carbonyl (C=O) groups excluding carboxylic acids is 2. The van der Waals surface area contributed by atoms with Gasteiger partial charge in [0.1, 0.15) is 0 Å². The maximum atomic E-state index is 13.2. The van der Waals surface area contributed by atoms with Crippen molar-refractivity contribution >= 4 is 17.5 Å². The van der Waals surface area contributed by atoms with Crippen molar-refractivity contribution in [2.24, 2.45) is 0 Å². The first kappa shape index (κ1) is 23.5. The van der Waals surface area contributed by atoms with Crippen LogP contribution in [0.2, 0.25) is 0 Å². The molecule has 1 fully saturated rings. The molecule has 2 aromatic carbocycles. The molecular formula is C26H32N4O2. The van der Waals surface area contributed by atoms with Crippen molar-refractivity contribution in [3.8, 4) is 6.07 Å². The van der Waals surface area contributed by atoms with Gasteiger partial charge >= 0.3 is 0 Å². The highest BCUT2D eigenvalue weighted by Gasteiger charge is 2.24. The first-order valence-corrected chi connectivity index (χ1v) is 11.2. The summed E-state index contributed by atoms with van der Waals surface area (Å²) in [4.78, 5) is 31.8. The Balaban J connectivity index is 1.65. The average Bonchev–Trinajstić information content (AvgIpc) is 3.01. The Morgan fingerprint density at radius 2 is 1.81 bits per heavy atom. The van der Waals surface area contributed by atoms with Gasteiger partial charge in [-0.25, -0.2) is 0 Å². The maximum absolute atomic E-state index is 13.2. The fourth-order valence-corrected chi connectivity index (χ4v) is 4.02. The van der Waals surface area contributed by atoms with Crippen LogP contribution in [0, 0.1) is 32.1 Å². The van der Waals surface area contributed by atoms with Gasteiger partial charge < -0.3 is 9.80 Å². The van der Waals surface area contributed by atoms with Crippen molar-refractivity contribution < 1.29 is 9.59 Å². The Morgan fingerprint density at radius 1 is 1.00 bits per heavy atom. The molecule has 0 atom stereocenters. The van der Waals surface area contributed by atoms with E-state index in [1.165, 1.54) is 5.56 Å². The molecule has 1 aliphatic rings. The van der Waals surface area contributed by atoms with Crippen LogP contribution in [0.4, 0.5) is 5.69 Å². The number of anilines is 1. The normalized spacial score (nSPS) is 14.5. The summed E-state index contributed by atoms with van der Waals surface area (Å²) in [6.45, 7) is 9.43. The van der Waals surface area contributed by atoms with Crippen LogP contribution in [-0.2, 0) is 4.79 Å². The van der Waals surface area contributed by atoms with Crippen LogP contribution in [0.3, 0.4) is 0 Å². The molecule has 0 spiro atoms. The second-order valence-electron chi connectivity index (χ2n) is 8.51. The molecular weight excluding hydrogens is 400 g/mol. The van der Waals surface area contributed by atoms with Gasteiger partial charge in [-0.1, -0.05) is 23.8 Å². The molecule has 0 aliphatic carbocycles. The molecule has 0 aromatic heterocycles. The molecule has 1 aliphatic heterocycles. The van der Waals surface area contributed by atoms with Gasteiger partial charge in [0, 0.05) is 44.0 Å². The minimum Gasteiger partial charge on any atom is -0.337 e. The summed E-state index contributed by atoms with van der Waals surface area (Å²) in [6, 6.07) is 15.8. The maximum Gasteiger partial charge on any atom is 0.253 e. The molecule has 2 amide bonds. The Labute approximate surface area is 191 Å². The zero-order chi connectivity index (χ0) is 23.1. The second kappa shape index (κ2) is 10.9. The van der Waals surface area contributed by atoms with Crippen LogP contribution >= 0.6 is 0 Å². The molecule has 2 aromatic rings. The fraction of sp³-hybridized carbons (Fsp3) is 0.423. The zero-order valence-electron chi connectivity index (χ0n) is 19.3. The van der Waals surface area contributed by atoms with E-state index in [-0.39, 0.29) is 24.8 Å². The van der Waals surface area contributed by atoms with Crippen LogP contribution in [0.5, 0.6) is 0 Å². The van der Waals surface area contributed by atoms with Gasteiger partial charge in [0.15, 0.2) is 0 Å². The molecule has 0 bridgehead atoms. The summed E-state index contributed by atoms with van der Waals surface area (Å²) in [5.74, 6) is 0.0367. The number of nitrogens with zero attached hydrogens (tertiary/aromatic N) is 4. The SMILES string of the molecule is Cc1cccc(C(=O)N2CCCN(CC(=O)N(CCC#N)c3ccc(C)c(C)c3)CC2)c1. The molecule has 6 nitrogen and oxygen atoms in total. The van der Waals surface area contributed by atoms with Crippen LogP contribution < -0.4 is 4.90 Å². The predicted molar refractivity (Wildman–Crippen MR) is 127 cm³/mol. The number of hydrogen-bond donors (Lipinski definition) is 0. The van der Waals surface area contributed by atoms with Crippen LogP contribution in [0.15, 0.2) is 42.5 Å². The average molecular weight is 433 g/mol. The Bertz CT molecular complexity index is 1010. The minimum absolute atomic E-state index is 0.0121. The quantitative estimate of drug-likeness (QED) is 0.698. The third-order valence-electron chi connectivity index (χ3n) is 6.05. The first-order valence-electron chi connectivity index (χ1n) is 11.2. The number of nitriles is 1. The van der Waals surface area contributed by atoms with Gasteiger partial charge in [0.05, 0.1) is 19.0 Å². The molecule has 6 heteroatoms. The van der Waals surface area contributed by atoms with Crippen LogP contribution in [0.25, 0.3) is 0 Å². The molecule has 0 N–H and O–H groups in total. The van der Waals surface area contributed by atoms with Crippen molar-refractivity contribution in [2.75, 3.05) is 44.2 Å². The summed E-state index contributed by atoms with van der Waals surface area (Å²) in [7, 11) is 0. The van der Waals surface area contributed by atoms with E-state index in [9.17, 15) is 9.59 Å². The van der Waals surface area contributed by atoms with E-state index in [0.717, 1.165) is 29.8 Å². The minimum atomic E-state index is -0.0121. The van der Waals surface area contributed by atoms with E-state index >= 15 is 0 Å². The van der Waals surface area contributed by atoms with E-state index in [1.807, 2.05) is 68.1 Å². The highest BCUT2D eigenvalue weighted by molar-refractivity contribution is 5.95. The lowest BCUT2D eigenvalue weighted by Crippen LogP contribution is -2.42. The lowest BCUT2D eigenvalue weighted by molar-refractivity contribution is -0.119. The summed E-state index contributed by atoms with van der Waals surface area (Å²) >= 11 is 0. The lowest BCUT2D eigenvalue weighted by Gasteiger charge is -2.27. The van der Waals surface area contributed by atoms with E-state index in [0.29, 0.717) is 31.7 Å². The van der Waals surface area contributed by atoms with Gasteiger partial charge in [0.25, 0.3) is 5.91 Å². The number of rotatable bonds is 6. The summed E-state index contributed by atoms with van der Waals surface area (Å²) in [5.41, 5.74) is 4.91. The third-order valence-corrected chi connectivity index (χ3v) is 6.05. The van der Waals surface area contributed by atoms with Crippen LogP contribution in [-0.4, -0.2) is 60.9 Å². The highest BCUT2D eigenvalue weighted by Crippen LogP contribution is 2.20. The largest absolute Gasteiger partial charge is 0.337 e. The summed E-state index contributed by atoms with van der Waals surface area (Å²) in [6.07, 6.45) is 1.12. The summed E-state index contributed by atoms with van der Waals surface area (Å²) < 4.78 is 0. The number of hydrogen-bond acceptors (Lipinski definition) is 4. The molecule has 1 saturated heterocycles. The van der Waals surface area contributed by atoms with Gasteiger partial charge in [0.2, 0.25) is 5.91 Å². The molecule has 32 heavy (non-hydrogen) atoms. The fourth-order valence-electron chi connectivity index (χ4n) is 4.02. The number of benzene rings is 2. The van der Waals surface area contributed by atoms with Crippen molar-refractivity contribution in [1.29, 1.82) is 5.26 Å². The predicted octanol–water partition coefficient (Wildman–Crippen LogP) is 3.71. The van der Waals surface area contributed by atoms with Crippen LogP contribution in [0.1, 0.15) is 39.9 Å². The molecule has 0 unspecified atom stereocenters. The Hall–Kier alpha value is -3.17. The topological polar surface area (TPSA) is 67.7 Å². The van der Waals surface area contributed by atoms with E-state index in [1.54, 1.807) is 4.90 Å². The van der Waals surface area contributed by atoms with Crippen molar-refractivity contribution in [2.45, 2.75) is 33.6 Å². The lowest BCUT2D eigenvalue weighted by atomic mass is 10.1. The van der Waals surface area contributed by atoms with E-state index in [2.05, 4.69) is 11.0 Å². The van der Waals surface area contributed by atoms with E-state index < -0.39 is 0 Å². The molecule has 0 radical (unpaired) electrons. The van der Waals surface area contributed by atoms with Gasteiger partial charge in [-0.3, -0.25) is 14.5 Å². The molecule has 1 heterocycles. The van der Waals surface area contributed by atoms with Gasteiger partial charge in [-0.2, -0.15) is 5.26 Å². The number of aryl methyl sites for hydroxylation is 3. The molecule has 3 rings (SSSR count). The Morgan fingerprint density at radius 3 is 2.53 bits per heavy atom. The molecule has 0 saturated carbocycles. The highest BCUT2D eigenvalue weighted by atomic mass is 16.2. The molecule has 168 valence electrons. The van der Waals surface area contributed by atoms with Gasteiger partial charge in [-0.15, -0.1) is 0 Å². The smallest absolute Gasteiger partial charge is 0.253 e. The third kappa shape index (κ3) is 5.95. The number of amides is 2. The van der Waals surface area contributed by atoms with Crippen molar-refractivity contribution in [1.82, 2.24) is 9.80 Å². The van der Waals surface area contributed by atoms with E-state index in [4.69, 9.17) is 5.26 Å². The second-order valence-corrected chi connectivity index (χ2v) is 8.51. The van der Waals surface area contributed by atoms with Gasteiger partial charge in [-0.05, 0) is 62.6 Å². The summed E-state index contributed by atoms with van der Waals surface area (Å²) in [5, 5.41) is 9.06. The first-order chi connectivity index (χ1) is 15.4. The Kier molecular flexibility index (Phi) is 8.02.